The molecule has 0 radical (unpaired) electrons. The van der Waals surface area contributed by atoms with Crippen molar-refractivity contribution in [3.05, 3.63) is 59.1 Å². The summed E-state index contributed by atoms with van der Waals surface area (Å²) in [5.74, 6) is 0.201. The van der Waals surface area contributed by atoms with Gasteiger partial charge in [0.1, 0.15) is 10.7 Å². The average Bonchev–Trinajstić information content (AvgIpc) is 2.59. The van der Waals surface area contributed by atoms with Gasteiger partial charge >= 0.3 is 0 Å². The number of para-hydroxylation sites is 1. The van der Waals surface area contributed by atoms with Crippen LogP contribution in [-0.2, 0) is 21.4 Å². The van der Waals surface area contributed by atoms with Gasteiger partial charge in [0.15, 0.2) is 0 Å². The molecule has 148 valence electrons. The third-order valence-corrected chi connectivity index (χ3v) is 6.13. The molecule has 1 heterocycles. The van der Waals surface area contributed by atoms with E-state index in [2.05, 4.69) is 15.0 Å². The smallest absolute Gasteiger partial charge is 0.286 e. The van der Waals surface area contributed by atoms with Crippen molar-refractivity contribution in [2.24, 2.45) is 9.81 Å². The van der Waals surface area contributed by atoms with Gasteiger partial charge in [-0.25, -0.2) is 0 Å². The Labute approximate surface area is 170 Å². The highest BCUT2D eigenvalue weighted by Gasteiger charge is 2.30. The number of nitrogens with one attached hydrogen (secondary N) is 2. The second kappa shape index (κ2) is 7.93. The Morgan fingerprint density at radius 1 is 1.14 bits per heavy atom. The second-order valence-corrected chi connectivity index (χ2v) is 9.50. The van der Waals surface area contributed by atoms with Gasteiger partial charge in [-0.05, 0) is 29.2 Å². The van der Waals surface area contributed by atoms with E-state index in [0.29, 0.717) is 29.5 Å². The van der Waals surface area contributed by atoms with Gasteiger partial charge in [-0.2, -0.15) is 8.42 Å². The highest BCUT2D eigenvalue weighted by Crippen LogP contribution is 2.32. The molecule has 6 nitrogen and oxygen atoms in total. The normalized spacial score (nSPS) is 15.2. The van der Waals surface area contributed by atoms with Crippen LogP contribution in [-0.4, -0.2) is 20.2 Å². The predicted octanol–water partition coefficient (Wildman–Crippen LogP) is 3.98. The first kappa shape index (κ1) is 20.4. The van der Waals surface area contributed by atoms with Crippen LogP contribution in [0.3, 0.4) is 0 Å². The molecule has 0 aliphatic carbocycles. The average molecular weight is 420 g/mol. The summed E-state index contributed by atoms with van der Waals surface area (Å²) in [4.78, 5) is 12.5. The number of rotatable bonds is 6. The number of sulfonamides is 1. The van der Waals surface area contributed by atoms with Crippen LogP contribution in [0.15, 0.2) is 57.8 Å². The zero-order chi connectivity index (χ0) is 20.4. The summed E-state index contributed by atoms with van der Waals surface area (Å²) in [7, 11) is -3.73. The number of hydrogen-bond acceptors (Lipinski definition) is 4. The number of hydrogen-bond donors (Lipinski definition) is 2. The van der Waals surface area contributed by atoms with Gasteiger partial charge in [0, 0.05) is 24.4 Å². The molecule has 1 aliphatic rings. The lowest BCUT2D eigenvalue weighted by Crippen LogP contribution is -2.32. The van der Waals surface area contributed by atoms with Crippen LogP contribution in [0.4, 0.5) is 5.69 Å². The molecule has 0 atom stereocenters. The number of halogens is 1. The van der Waals surface area contributed by atoms with Crippen molar-refractivity contribution in [3.63, 3.8) is 0 Å². The number of benzene rings is 2. The highest BCUT2D eigenvalue weighted by molar-refractivity contribution is 7.90. The lowest BCUT2D eigenvalue weighted by atomic mass is 9.84. The van der Waals surface area contributed by atoms with E-state index in [-0.39, 0.29) is 17.2 Å². The third-order valence-electron chi connectivity index (χ3n) is 4.39. The lowest BCUT2D eigenvalue weighted by molar-refractivity contribution is -0.123. The Bertz CT molecular complexity index is 1030. The number of carbonyl (C=O) groups excluding carboxylic acids is 1. The molecule has 0 unspecified atom stereocenters. The number of amidine groups is 1. The van der Waals surface area contributed by atoms with Crippen molar-refractivity contribution in [1.29, 1.82) is 0 Å². The standard InChI is InChI=1S/C20H22ClN3O3S/c1-20(2,12-19(25)22-13-14-7-3-4-8-15(14)21)11-18-23-16-9-5-6-10-17(16)28(26,27)24-18/h3-10H,11-13H2,1-2H3,(H,22,25)(H,23,24). The number of carbonyl (C=O) groups is 1. The fraction of sp³-hybridized carbons (Fsp3) is 0.300. The minimum absolute atomic E-state index is 0.135. The first-order chi connectivity index (χ1) is 13.2. The molecule has 28 heavy (non-hydrogen) atoms. The van der Waals surface area contributed by atoms with Crippen molar-refractivity contribution in [1.82, 2.24) is 5.32 Å². The number of amides is 1. The van der Waals surface area contributed by atoms with Crippen LogP contribution in [0, 0.1) is 5.41 Å². The minimum atomic E-state index is -3.73. The van der Waals surface area contributed by atoms with E-state index in [0.717, 1.165) is 5.56 Å². The maximum atomic E-state index is 12.4. The van der Waals surface area contributed by atoms with Crippen LogP contribution < -0.4 is 10.6 Å². The van der Waals surface area contributed by atoms with Gasteiger partial charge in [0.25, 0.3) is 10.0 Å². The van der Waals surface area contributed by atoms with Crippen molar-refractivity contribution in [3.8, 4) is 0 Å². The Balaban J connectivity index is 1.63. The molecule has 0 spiro atoms. The summed E-state index contributed by atoms with van der Waals surface area (Å²) in [6.45, 7) is 4.15. The maximum Gasteiger partial charge on any atom is 0.286 e. The van der Waals surface area contributed by atoms with Crippen LogP contribution >= 0.6 is 11.6 Å². The quantitative estimate of drug-likeness (QED) is 0.741. The van der Waals surface area contributed by atoms with E-state index in [4.69, 9.17) is 11.6 Å². The summed E-state index contributed by atoms with van der Waals surface area (Å²) in [6.07, 6.45) is 0.542. The zero-order valence-electron chi connectivity index (χ0n) is 15.7. The molecule has 0 aromatic heterocycles. The summed E-state index contributed by atoms with van der Waals surface area (Å²) in [5, 5.41) is 6.54. The van der Waals surface area contributed by atoms with Crippen molar-refractivity contribution in [2.45, 2.75) is 38.1 Å². The molecular weight excluding hydrogens is 398 g/mol. The fourth-order valence-corrected chi connectivity index (χ4v) is 4.44. The first-order valence-electron chi connectivity index (χ1n) is 8.86. The monoisotopic (exact) mass is 419 g/mol. The van der Waals surface area contributed by atoms with Gasteiger partial charge < -0.3 is 10.6 Å². The van der Waals surface area contributed by atoms with E-state index in [1.54, 1.807) is 24.3 Å². The Kier molecular flexibility index (Phi) is 5.76. The molecule has 8 heteroatoms. The first-order valence-corrected chi connectivity index (χ1v) is 10.7. The zero-order valence-corrected chi connectivity index (χ0v) is 17.3. The molecule has 3 rings (SSSR count). The minimum Gasteiger partial charge on any atom is -0.352 e. The number of fused-ring (bicyclic) bond motifs is 1. The lowest BCUT2D eigenvalue weighted by Gasteiger charge is -2.27. The van der Waals surface area contributed by atoms with Gasteiger partial charge in [0.05, 0.1) is 5.69 Å². The molecule has 0 saturated heterocycles. The Morgan fingerprint density at radius 3 is 2.57 bits per heavy atom. The highest BCUT2D eigenvalue weighted by atomic mass is 35.5. The van der Waals surface area contributed by atoms with E-state index in [9.17, 15) is 13.2 Å². The molecule has 2 N–H and O–H groups in total. The molecule has 1 amide bonds. The van der Waals surface area contributed by atoms with Crippen molar-refractivity contribution >= 4 is 39.1 Å². The van der Waals surface area contributed by atoms with Gasteiger partial charge in [-0.1, -0.05) is 55.8 Å². The number of nitrogens with zero attached hydrogens (tertiary/aromatic N) is 1. The molecule has 0 fully saturated rings. The molecular formula is C20H22ClN3O3S. The maximum absolute atomic E-state index is 12.4. The topological polar surface area (TPSA) is 87.6 Å². The summed E-state index contributed by atoms with van der Waals surface area (Å²) >= 11 is 6.11. The van der Waals surface area contributed by atoms with Crippen LogP contribution in [0.25, 0.3) is 0 Å². The number of anilines is 1. The molecule has 1 aliphatic heterocycles. The molecule has 0 saturated carbocycles. The van der Waals surface area contributed by atoms with E-state index < -0.39 is 15.4 Å². The van der Waals surface area contributed by atoms with Crippen molar-refractivity contribution < 1.29 is 13.2 Å². The third kappa shape index (κ3) is 4.91. The SMILES string of the molecule is CC(C)(CC(=O)NCc1ccccc1Cl)CC1=NS(=O)(=O)c2ccccc2N1. The summed E-state index contributed by atoms with van der Waals surface area (Å²) < 4.78 is 28.6. The van der Waals surface area contributed by atoms with Crippen LogP contribution in [0.1, 0.15) is 32.3 Å². The van der Waals surface area contributed by atoms with Gasteiger partial charge in [-0.15, -0.1) is 4.40 Å². The largest absolute Gasteiger partial charge is 0.352 e. The van der Waals surface area contributed by atoms with Gasteiger partial charge in [0.2, 0.25) is 5.91 Å². The summed E-state index contributed by atoms with van der Waals surface area (Å²) in [6, 6.07) is 14.0. The van der Waals surface area contributed by atoms with Crippen LogP contribution in [0.5, 0.6) is 0 Å². The Hall–Kier alpha value is -2.38. The second-order valence-electron chi connectivity index (χ2n) is 7.52. The Morgan fingerprint density at radius 2 is 1.82 bits per heavy atom. The van der Waals surface area contributed by atoms with E-state index in [1.807, 2.05) is 32.0 Å². The van der Waals surface area contributed by atoms with Gasteiger partial charge in [-0.3, -0.25) is 4.79 Å². The molecule has 2 aromatic rings. The summed E-state index contributed by atoms with van der Waals surface area (Å²) in [5.41, 5.74) is 0.862. The van der Waals surface area contributed by atoms with E-state index >= 15 is 0 Å². The van der Waals surface area contributed by atoms with Crippen LogP contribution in [0.2, 0.25) is 5.02 Å². The fourth-order valence-electron chi connectivity index (χ4n) is 3.09. The molecule has 0 bridgehead atoms. The van der Waals surface area contributed by atoms with E-state index in [1.165, 1.54) is 6.07 Å². The van der Waals surface area contributed by atoms with Crippen molar-refractivity contribution in [2.75, 3.05) is 5.32 Å². The molecule has 2 aromatic carbocycles. The predicted molar refractivity (Wildman–Crippen MR) is 111 cm³/mol.